The summed E-state index contributed by atoms with van der Waals surface area (Å²) in [5.41, 5.74) is 4.65. The minimum absolute atomic E-state index is 0.0952. The predicted molar refractivity (Wildman–Crippen MR) is 64.0 cm³/mol. The van der Waals surface area contributed by atoms with Crippen LogP contribution in [0, 0.1) is 0 Å². The lowest BCUT2D eigenvalue weighted by molar-refractivity contribution is 0.0996. The first-order valence-corrected chi connectivity index (χ1v) is 6.42. The summed E-state index contributed by atoms with van der Waals surface area (Å²) >= 11 is 0. The average Bonchev–Trinajstić information content (AvgIpc) is 2.27. The number of primary amides is 1. The standard InChI is InChI=1S/C11H9N2O4S/c12-11(15)8-5-9(18(13,16)17)6-3-1-2-4-7(6)10(8)14/h1-5H,(H2,12,15)(H2,13,16,17). The van der Waals surface area contributed by atoms with E-state index in [0.29, 0.717) is 0 Å². The van der Waals surface area contributed by atoms with Crippen molar-refractivity contribution in [3.63, 3.8) is 0 Å². The summed E-state index contributed by atoms with van der Waals surface area (Å²) in [7, 11) is -4.05. The Labute approximate surface area is 103 Å². The Balaban J connectivity index is 3.03. The van der Waals surface area contributed by atoms with E-state index < -0.39 is 27.2 Å². The fourth-order valence-electron chi connectivity index (χ4n) is 1.73. The molecule has 1 amide bonds. The summed E-state index contributed by atoms with van der Waals surface area (Å²) in [5.74, 6) is -1.60. The molecule has 2 rings (SSSR count). The number of amides is 1. The summed E-state index contributed by atoms with van der Waals surface area (Å²) < 4.78 is 22.9. The number of hydrogen-bond acceptors (Lipinski definition) is 3. The second-order valence-electron chi connectivity index (χ2n) is 3.71. The molecule has 2 aromatic carbocycles. The van der Waals surface area contributed by atoms with Gasteiger partial charge in [-0.15, -0.1) is 0 Å². The number of primary sulfonamides is 1. The Bertz CT molecular complexity index is 753. The maximum absolute atomic E-state index is 11.9. The van der Waals surface area contributed by atoms with E-state index in [2.05, 4.69) is 0 Å². The molecule has 93 valence electrons. The predicted octanol–water partition coefficient (Wildman–Crippen LogP) is 0.730. The highest BCUT2D eigenvalue weighted by Gasteiger charge is 2.21. The zero-order valence-electron chi connectivity index (χ0n) is 9.08. The van der Waals surface area contributed by atoms with Gasteiger partial charge < -0.3 is 5.73 Å². The van der Waals surface area contributed by atoms with Gasteiger partial charge in [-0.2, -0.15) is 0 Å². The maximum Gasteiger partial charge on any atom is 0.252 e. The number of carbonyl (C=O) groups excluding carboxylic acids is 1. The van der Waals surface area contributed by atoms with Crippen molar-refractivity contribution in [2.24, 2.45) is 10.9 Å². The van der Waals surface area contributed by atoms with Crippen LogP contribution in [0.2, 0.25) is 0 Å². The molecular formula is C11H9N2O4S. The van der Waals surface area contributed by atoms with E-state index in [9.17, 15) is 18.3 Å². The summed E-state index contributed by atoms with van der Waals surface area (Å²) in [6.07, 6.45) is 0. The molecule has 0 aliphatic rings. The molecule has 1 radical (unpaired) electrons. The van der Waals surface area contributed by atoms with Crippen molar-refractivity contribution in [2.45, 2.75) is 4.90 Å². The molecule has 0 aromatic heterocycles. The van der Waals surface area contributed by atoms with Gasteiger partial charge in [-0.3, -0.25) is 9.90 Å². The average molecular weight is 265 g/mol. The summed E-state index contributed by atoms with van der Waals surface area (Å²) in [6.45, 7) is 0. The second kappa shape index (κ2) is 3.97. The molecule has 0 aliphatic heterocycles. The van der Waals surface area contributed by atoms with Crippen LogP contribution in [-0.4, -0.2) is 14.3 Å². The van der Waals surface area contributed by atoms with Crippen molar-refractivity contribution in [1.29, 1.82) is 0 Å². The summed E-state index contributed by atoms with van der Waals surface area (Å²) in [5, 5.41) is 17.2. The largest absolute Gasteiger partial charge is 0.365 e. The Hall–Kier alpha value is -2.12. The zero-order chi connectivity index (χ0) is 13.5. The Morgan fingerprint density at radius 2 is 1.67 bits per heavy atom. The third-order valence-electron chi connectivity index (χ3n) is 2.53. The van der Waals surface area contributed by atoms with Crippen LogP contribution >= 0.6 is 0 Å². The third-order valence-corrected chi connectivity index (χ3v) is 3.48. The lowest BCUT2D eigenvalue weighted by Gasteiger charge is -2.08. The number of sulfonamides is 1. The van der Waals surface area contributed by atoms with Gasteiger partial charge >= 0.3 is 0 Å². The van der Waals surface area contributed by atoms with E-state index in [1.807, 2.05) is 0 Å². The SMILES string of the molecule is NC(=O)c1cc(S(N)(=O)=O)c2ccccc2c1[O]. The van der Waals surface area contributed by atoms with Crippen LogP contribution in [0.3, 0.4) is 0 Å². The van der Waals surface area contributed by atoms with Crippen LogP contribution in [0.25, 0.3) is 10.8 Å². The molecular weight excluding hydrogens is 256 g/mol. The van der Waals surface area contributed by atoms with Gasteiger partial charge in [0.2, 0.25) is 10.0 Å². The van der Waals surface area contributed by atoms with Gasteiger partial charge in [-0.1, -0.05) is 24.3 Å². The molecule has 6 nitrogen and oxygen atoms in total. The van der Waals surface area contributed by atoms with Crippen molar-refractivity contribution >= 4 is 26.7 Å². The Morgan fingerprint density at radius 3 is 2.17 bits per heavy atom. The first-order valence-electron chi connectivity index (χ1n) is 4.87. The molecule has 0 saturated carbocycles. The summed E-state index contributed by atoms with van der Waals surface area (Å²) in [6, 6.07) is 6.91. The van der Waals surface area contributed by atoms with Gasteiger partial charge in [0, 0.05) is 10.8 Å². The van der Waals surface area contributed by atoms with Crippen molar-refractivity contribution in [3.05, 3.63) is 35.9 Å². The van der Waals surface area contributed by atoms with Crippen LogP contribution in [0.5, 0.6) is 5.75 Å². The van der Waals surface area contributed by atoms with Crippen LogP contribution in [0.1, 0.15) is 10.4 Å². The highest BCUT2D eigenvalue weighted by atomic mass is 32.2. The molecule has 0 spiro atoms. The Kier molecular flexibility index (Phi) is 2.72. The van der Waals surface area contributed by atoms with E-state index in [-0.39, 0.29) is 15.7 Å². The number of rotatable bonds is 2. The van der Waals surface area contributed by atoms with Crippen molar-refractivity contribution in [2.75, 3.05) is 0 Å². The first kappa shape index (κ1) is 12.3. The van der Waals surface area contributed by atoms with Gasteiger partial charge in [0.1, 0.15) is 0 Å². The Morgan fingerprint density at radius 1 is 1.11 bits per heavy atom. The smallest absolute Gasteiger partial charge is 0.252 e. The van der Waals surface area contributed by atoms with E-state index in [1.54, 1.807) is 12.1 Å². The lowest BCUT2D eigenvalue weighted by atomic mass is 10.0. The topological polar surface area (TPSA) is 123 Å². The molecule has 4 N–H and O–H groups in total. The third kappa shape index (κ3) is 1.89. The minimum atomic E-state index is -4.05. The van der Waals surface area contributed by atoms with E-state index in [1.165, 1.54) is 12.1 Å². The summed E-state index contributed by atoms with van der Waals surface area (Å²) in [4.78, 5) is 10.8. The first-order chi connectivity index (χ1) is 8.32. The molecule has 0 unspecified atom stereocenters. The second-order valence-corrected chi connectivity index (χ2v) is 5.24. The highest BCUT2D eigenvalue weighted by molar-refractivity contribution is 7.89. The number of fused-ring (bicyclic) bond motifs is 1. The molecule has 0 saturated heterocycles. The number of benzene rings is 2. The molecule has 0 fully saturated rings. The maximum atomic E-state index is 11.9. The quantitative estimate of drug-likeness (QED) is 0.831. The monoisotopic (exact) mass is 265 g/mol. The molecule has 0 bridgehead atoms. The van der Waals surface area contributed by atoms with Gasteiger partial charge in [0.25, 0.3) is 5.91 Å². The van der Waals surface area contributed by atoms with E-state index >= 15 is 0 Å². The zero-order valence-corrected chi connectivity index (χ0v) is 9.90. The highest BCUT2D eigenvalue weighted by Crippen LogP contribution is 2.33. The molecule has 18 heavy (non-hydrogen) atoms. The molecule has 0 heterocycles. The van der Waals surface area contributed by atoms with Crippen molar-refractivity contribution < 1.29 is 18.3 Å². The number of nitrogens with two attached hydrogens (primary N) is 2. The van der Waals surface area contributed by atoms with Gasteiger partial charge in [0.15, 0.2) is 5.75 Å². The fraction of sp³-hybridized carbons (Fsp3) is 0. The molecule has 0 aliphatic carbocycles. The van der Waals surface area contributed by atoms with E-state index in [4.69, 9.17) is 10.9 Å². The van der Waals surface area contributed by atoms with E-state index in [0.717, 1.165) is 6.07 Å². The molecule has 0 atom stereocenters. The van der Waals surface area contributed by atoms with Gasteiger partial charge in [-0.25, -0.2) is 13.6 Å². The number of hydrogen-bond donors (Lipinski definition) is 2. The van der Waals surface area contributed by atoms with Gasteiger partial charge in [0.05, 0.1) is 10.5 Å². The fourth-order valence-corrected chi connectivity index (χ4v) is 2.50. The van der Waals surface area contributed by atoms with Crippen LogP contribution in [0.4, 0.5) is 0 Å². The molecule has 7 heteroatoms. The van der Waals surface area contributed by atoms with Crippen LogP contribution < -0.4 is 10.9 Å². The van der Waals surface area contributed by atoms with Crippen LogP contribution in [0.15, 0.2) is 35.2 Å². The lowest BCUT2D eigenvalue weighted by Crippen LogP contribution is -2.16. The number of carbonyl (C=O) groups is 1. The molecule has 2 aromatic rings. The van der Waals surface area contributed by atoms with Gasteiger partial charge in [-0.05, 0) is 6.07 Å². The van der Waals surface area contributed by atoms with Crippen molar-refractivity contribution in [1.82, 2.24) is 0 Å². The normalized spacial score (nSPS) is 11.6. The minimum Gasteiger partial charge on any atom is -0.365 e. The van der Waals surface area contributed by atoms with Crippen molar-refractivity contribution in [3.8, 4) is 5.75 Å². The van der Waals surface area contributed by atoms with Crippen LogP contribution in [-0.2, 0) is 15.1 Å².